The fraction of sp³-hybridized carbons (Fsp3) is 0.0455. The zero-order valence-corrected chi connectivity index (χ0v) is 15.2. The second-order valence-electron chi connectivity index (χ2n) is 6.08. The number of amides is 2. The van der Waals surface area contributed by atoms with E-state index >= 15 is 0 Å². The maximum atomic E-state index is 12.2. The van der Waals surface area contributed by atoms with Crippen molar-refractivity contribution in [2.75, 3.05) is 5.32 Å². The van der Waals surface area contributed by atoms with Crippen LogP contribution in [0.4, 0.5) is 5.69 Å². The van der Waals surface area contributed by atoms with Gasteiger partial charge in [-0.3, -0.25) is 9.59 Å². The standard InChI is InChI=1S/C22H19N3O3/c1-15(16-9-13-20(26)14-10-16)24-25-22(28)18-7-11-19(12-8-18)23-21(27)17-5-3-2-4-6-17/h2-14,26H,1H3,(H,23,27)(H,25,28). The Bertz CT molecular complexity index is 995. The van der Waals surface area contributed by atoms with E-state index in [0.717, 1.165) is 5.56 Å². The van der Waals surface area contributed by atoms with Gasteiger partial charge >= 0.3 is 0 Å². The molecule has 0 spiro atoms. The molecule has 3 aromatic rings. The van der Waals surface area contributed by atoms with Crippen LogP contribution in [-0.2, 0) is 0 Å². The minimum atomic E-state index is -0.362. The number of hydrogen-bond acceptors (Lipinski definition) is 4. The largest absolute Gasteiger partial charge is 0.508 e. The van der Waals surface area contributed by atoms with Crippen molar-refractivity contribution < 1.29 is 14.7 Å². The van der Waals surface area contributed by atoms with Gasteiger partial charge in [-0.05, 0) is 73.2 Å². The van der Waals surface area contributed by atoms with E-state index in [0.29, 0.717) is 22.5 Å². The quantitative estimate of drug-likeness (QED) is 0.469. The Morgan fingerprint density at radius 3 is 1.96 bits per heavy atom. The second-order valence-corrected chi connectivity index (χ2v) is 6.08. The minimum Gasteiger partial charge on any atom is -0.508 e. The molecule has 0 bridgehead atoms. The highest BCUT2D eigenvalue weighted by Gasteiger charge is 2.08. The van der Waals surface area contributed by atoms with Gasteiger partial charge < -0.3 is 10.4 Å². The number of phenols is 1. The van der Waals surface area contributed by atoms with Gasteiger partial charge in [0.1, 0.15) is 5.75 Å². The topological polar surface area (TPSA) is 90.8 Å². The molecule has 140 valence electrons. The lowest BCUT2D eigenvalue weighted by atomic mass is 10.1. The number of carbonyl (C=O) groups excluding carboxylic acids is 2. The average molecular weight is 373 g/mol. The maximum absolute atomic E-state index is 12.2. The molecule has 6 nitrogen and oxygen atoms in total. The normalized spacial score (nSPS) is 11.0. The van der Waals surface area contributed by atoms with Crippen LogP contribution in [0.3, 0.4) is 0 Å². The SMILES string of the molecule is CC(=NNC(=O)c1ccc(NC(=O)c2ccccc2)cc1)c1ccc(O)cc1. The highest BCUT2D eigenvalue weighted by molar-refractivity contribution is 6.04. The van der Waals surface area contributed by atoms with Crippen molar-refractivity contribution in [2.24, 2.45) is 5.10 Å². The highest BCUT2D eigenvalue weighted by atomic mass is 16.3. The number of hydrazone groups is 1. The van der Waals surface area contributed by atoms with Crippen LogP contribution >= 0.6 is 0 Å². The van der Waals surface area contributed by atoms with Crippen molar-refractivity contribution in [3.05, 3.63) is 95.6 Å². The maximum Gasteiger partial charge on any atom is 0.271 e. The lowest BCUT2D eigenvalue weighted by Crippen LogP contribution is -2.19. The van der Waals surface area contributed by atoms with E-state index in [4.69, 9.17) is 0 Å². The van der Waals surface area contributed by atoms with Crippen LogP contribution in [0.2, 0.25) is 0 Å². The predicted octanol–water partition coefficient (Wildman–Crippen LogP) is 3.80. The molecule has 0 atom stereocenters. The number of nitrogens with zero attached hydrogens (tertiary/aromatic N) is 1. The summed E-state index contributed by atoms with van der Waals surface area (Å²) in [5.41, 5.74) is 5.46. The van der Waals surface area contributed by atoms with Crippen LogP contribution in [0.1, 0.15) is 33.2 Å². The summed E-state index contributed by atoms with van der Waals surface area (Å²) in [5.74, 6) is -0.411. The summed E-state index contributed by atoms with van der Waals surface area (Å²) in [6, 6.07) is 22.0. The molecule has 2 amide bonds. The second kappa shape index (κ2) is 8.64. The summed E-state index contributed by atoms with van der Waals surface area (Å²) in [5, 5.41) is 16.2. The summed E-state index contributed by atoms with van der Waals surface area (Å²) < 4.78 is 0. The molecular formula is C22H19N3O3. The lowest BCUT2D eigenvalue weighted by Gasteiger charge is -2.07. The Morgan fingerprint density at radius 2 is 1.32 bits per heavy atom. The average Bonchev–Trinajstić information content (AvgIpc) is 2.73. The van der Waals surface area contributed by atoms with E-state index in [1.165, 1.54) is 0 Å². The van der Waals surface area contributed by atoms with E-state index < -0.39 is 0 Å². The summed E-state index contributed by atoms with van der Waals surface area (Å²) in [7, 11) is 0. The van der Waals surface area contributed by atoms with Gasteiger partial charge in [0.05, 0.1) is 5.71 Å². The van der Waals surface area contributed by atoms with Crippen molar-refractivity contribution >= 4 is 23.2 Å². The Kier molecular flexibility index (Phi) is 5.81. The van der Waals surface area contributed by atoms with E-state index in [9.17, 15) is 14.7 Å². The summed E-state index contributed by atoms with van der Waals surface area (Å²) in [4.78, 5) is 24.4. The fourth-order valence-corrected chi connectivity index (χ4v) is 2.46. The van der Waals surface area contributed by atoms with Gasteiger partial charge in [-0.15, -0.1) is 0 Å². The third kappa shape index (κ3) is 4.82. The minimum absolute atomic E-state index is 0.167. The van der Waals surface area contributed by atoms with Crippen molar-refractivity contribution in [2.45, 2.75) is 6.92 Å². The lowest BCUT2D eigenvalue weighted by molar-refractivity contribution is 0.0954. The number of carbonyl (C=O) groups is 2. The first kappa shape index (κ1) is 18.8. The molecular weight excluding hydrogens is 354 g/mol. The first-order valence-corrected chi connectivity index (χ1v) is 8.63. The van der Waals surface area contributed by atoms with Crippen molar-refractivity contribution in [1.82, 2.24) is 5.43 Å². The van der Waals surface area contributed by atoms with Crippen LogP contribution < -0.4 is 10.7 Å². The van der Waals surface area contributed by atoms with E-state index in [-0.39, 0.29) is 17.6 Å². The molecule has 0 unspecified atom stereocenters. The number of nitrogens with one attached hydrogen (secondary N) is 2. The molecule has 3 aromatic carbocycles. The van der Waals surface area contributed by atoms with E-state index in [2.05, 4.69) is 15.8 Å². The Balaban J connectivity index is 1.61. The van der Waals surface area contributed by atoms with Crippen LogP contribution in [0.15, 0.2) is 84.0 Å². The molecule has 0 saturated carbocycles. The Hall–Kier alpha value is -3.93. The molecule has 0 aliphatic carbocycles. The number of hydrogen-bond donors (Lipinski definition) is 3. The van der Waals surface area contributed by atoms with Crippen LogP contribution in [0.25, 0.3) is 0 Å². The molecule has 28 heavy (non-hydrogen) atoms. The first-order chi connectivity index (χ1) is 13.5. The zero-order valence-electron chi connectivity index (χ0n) is 15.2. The molecule has 3 rings (SSSR count). The fourth-order valence-electron chi connectivity index (χ4n) is 2.46. The molecule has 0 aromatic heterocycles. The summed E-state index contributed by atoms with van der Waals surface area (Å²) >= 11 is 0. The van der Waals surface area contributed by atoms with Crippen LogP contribution in [0, 0.1) is 0 Å². The molecule has 0 heterocycles. The van der Waals surface area contributed by atoms with Gasteiger partial charge in [0, 0.05) is 16.8 Å². The van der Waals surface area contributed by atoms with Gasteiger partial charge in [0.25, 0.3) is 11.8 Å². The molecule has 0 saturated heterocycles. The monoisotopic (exact) mass is 373 g/mol. The van der Waals surface area contributed by atoms with Gasteiger partial charge in [0.2, 0.25) is 0 Å². The third-order valence-corrected chi connectivity index (χ3v) is 4.05. The summed E-state index contributed by atoms with van der Waals surface area (Å²) in [6.45, 7) is 1.76. The molecule has 3 N–H and O–H groups in total. The number of aromatic hydroxyl groups is 1. The Morgan fingerprint density at radius 1 is 0.750 bits per heavy atom. The van der Waals surface area contributed by atoms with Gasteiger partial charge in [-0.1, -0.05) is 18.2 Å². The number of benzene rings is 3. The smallest absolute Gasteiger partial charge is 0.271 e. The molecule has 6 heteroatoms. The van der Waals surface area contributed by atoms with Gasteiger partial charge in [-0.25, -0.2) is 5.43 Å². The van der Waals surface area contributed by atoms with Gasteiger partial charge in [-0.2, -0.15) is 5.10 Å². The molecule has 0 aliphatic heterocycles. The predicted molar refractivity (Wildman–Crippen MR) is 109 cm³/mol. The molecule has 0 aliphatic rings. The van der Waals surface area contributed by atoms with Crippen LogP contribution in [-0.4, -0.2) is 22.6 Å². The zero-order chi connectivity index (χ0) is 19.9. The first-order valence-electron chi connectivity index (χ1n) is 8.63. The molecule has 0 fully saturated rings. The Labute approximate surface area is 162 Å². The third-order valence-electron chi connectivity index (χ3n) is 4.05. The van der Waals surface area contributed by atoms with Gasteiger partial charge in [0.15, 0.2) is 0 Å². The number of anilines is 1. The van der Waals surface area contributed by atoms with E-state index in [1.54, 1.807) is 79.7 Å². The highest BCUT2D eigenvalue weighted by Crippen LogP contribution is 2.12. The van der Waals surface area contributed by atoms with E-state index in [1.807, 2.05) is 6.07 Å². The van der Waals surface area contributed by atoms with Crippen molar-refractivity contribution in [3.63, 3.8) is 0 Å². The van der Waals surface area contributed by atoms with Crippen molar-refractivity contribution in [1.29, 1.82) is 0 Å². The number of phenolic OH excluding ortho intramolecular Hbond substituents is 1. The number of rotatable bonds is 5. The summed E-state index contributed by atoms with van der Waals surface area (Å²) in [6.07, 6.45) is 0. The van der Waals surface area contributed by atoms with Crippen LogP contribution in [0.5, 0.6) is 5.75 Å². The van der Waals surface area contributed by atoms with Crippen molar-refractivity contribution in [3.8, 4) is 5.75 Å². The molecule has 0 radical (unpaired) electrons.